The molecule has 1 heterocycles. The molecule has 0 aromatic carbocycles. The molecule has 2 N–H and O–H groups in total. The van der Waals surface area contributed by atoms with Crippen molar-refractivity contribution in [3.05, 3.63) is 0 Å². The molecule has 1 aliphatic heterocycles. The van der Waals surface area contributed by atoms with Gasteiger partial charge in [-0.05, 0) is 20.3 Å². The van der Waals surface area contributed by atoms with Gasteiger partial charge < -0.3 is 20.1 Å². The Balaban J connectivity index is 0.00000242. The maximum atomic E-state index is 5.68. The average molecular weight is 425 g/mol. The highest BCUT2D eigenvalue weighted by atomic mass is 127. The summed E-state index contributed by atoms with van der Waals surface area (Å²) < 4.78 is 11.0. The number of rotatable bonds is 5. The van der Waals surface area contributed by atoms with E-state index >= 15 is 0 Å². The number of nitrogens with one attached hydrogen (secondary N) is 2. The highest BCUT2D eigenvalue weighted by Crippen LogP contribution is 2.51. The van der Waals surface area contributed by atoms with Crippen LogP contribution in [-0.4, -0.2) is 51.0 Å². The fourth-order valence-corrected chi connectivity index (χ4v) is 3.02. The number of nitrogens with zero attached hydrogens (tertiary/aromatic N) is 1. The van der Waals surface area contributed by atoms with Gasteiger partial charge in [0.15, 0.2) is 5.96 Å². The van der Waals surface area contributed by atoms with Gasteiger partial charge in [0, 0.05) is 30.5 Å². The van der Waals surface area contributed by atoms with Gasteiger partial charge in [-0.3, -0.25) is 4.99 Å². The Morgan fingerprint density at radius 3 is 2.32 bits per heavy atom. The van der Waals surface area contributed by atoms with E-state index in [1.807, 2.05) is 0 Å². The van der Waals surface area contributed by atoms with Gasteiger partial charge >= 0.3 is 0 Å². The van der Waals surface area contributed by atoms with Crippen LogP contribution in [0.3, 0.4) is 0 Å². The number of aliphatic imine (C=N–C) groups is 1. The van der Waals surface area contributed by atoms with Crippen LogP contribution in [0.15, 0.2) is 4.99 Å². The van der Waals surface area contributed by atoms with Crippen molar-refractivity contribution in [3.63, 3.8) is 0 Å². The third-order valence-corrected chi connectivity index (χ3v) is 5.45. The summed E-state index contributed by atoms with van der Waals surface area (Å²) in [5.41, 5.74) is 0.232. The number of hydrogen-bond acceptors (Lipinski definition) is 3. The van der Waals surface area contributed by atoms with Crippen molar-refractivity contribution in [1.82, 2.24) is 10.6 Å². The van der Waals surface area contributed by atoms with E-state index in [0.717, 1.165) is 38.7 Å². The third-order valence-electron chi connectivity index (χ3n) is 5.45. The predicted octanol–water partition coefficient (Wildman–Crippen LogP) is 2.40. The van der Waals surface area contributed by atoms with Crippen molar-refractivity contribution in [2.24, 2.45) is 15.8 Å². The maximum absolute atomic E-state index is 5.68. The van der Waals surface area contributed by atoms with E-state index in [2.05, 4.69) is 45.3 Å². The molecule has 0 bridgehead atoms. The first kappa shape index (κ1) is 20.0. The van der Waals surface area contributed by atoms with Gasteiger partial charge in [-0.15, -0.1) is 24.0 Å². The van der Waals surface area contributed by atoms with Crippen molar-refractivity contribution in [3.8, 4) is 0 Å². The molecule has 6 heteroatoms. The second-order valence-corrected chi connectivity index (χ2v) is 7.56. The largest absolute Gasteiger partial charge is 0.380 e. The van der Waals surface area contributed by atoms with Crippen LogP contribution >= 0.6 is 24.0 Å². The summed E-state index contributed by atoms with van der Waals surface area (Å²) in [6.45, 7) is 14.3. The first-order chi connectivity index (χ1) is 9.76. The molecule has 2 rings (SSSR count). The van der Waals surface area contributed by atoms with Gasteiger partial charge in [0.2, 0.25) is 0 Å². The molecule has 5 nitrogen and oxygen atoms in total. The molecule has 1 saturated heterocycles. The first-order valence-electron chi connectivity index (χ1n) is 7.94. The molecule has 22 heavy (non-hydrogen) atoms. The van der Waals surface area contributed by atoms with E-state index in [-0.39, 0.29) is 40.4 Å². The highest BCUT2D eigenvalue weighted by molar-refractivity contribution is 14.0. The van der Waals surface area contributed by atoms with Crippen LogP contribution in [0.1, 0.15) is 41.0 Å². The van der Waals surface area contributed by atoms with E-state index in [0.29, 0.717) is 6.04 Å². The van der Waals surface area contributed by atoms with E-state index in [4.69, 9.17) is 14.5 Å². The van der Waals surface area contributed by atoms with Gasteiger partial charge in [-0.1, -0.05) is 20.8 Å². The summed E-state index contributed by atoms with van der Waals surface area (Å²) >= 11 is 0. The lowest BCUT2D eigenvalue weighted by Crippen LogP contribution is -2.69. The molecule has 130 valence electrons. The van der Waals surface area contributed by atoms with Crippen molar-refractivity contribution >= 4 is 29.9 Å². The maximum Gasteiger partial charge on any atom is 0.191 e. The Labute approximate surface area is 152 Å². The van der Waals surface area contributed by atoms with Crippen molar-refractivity contribution in [1.29, 1.82) is 0 Å². The van der Waals surface area contributed by atoms with E-state index in [9.17, 15) is 0 Å². The number of ether oxygens (including phenoxy) is 2. The molecule has 1 aliphatic carbocycles. The lowest BCUT2D eigenvalue weighted by molar-refractivity contribution is -0.176. The third kappa shape index (κ3) is 3.70. The molecular weight excluding hydrogens is 393 g/mol. The summed E-state index contributed by atoms with van der Waals surface area (Å²) in [4.78, 5) is 4.74. The summed E-state index contributed by atoms with van der Waals surface area (Å²) in [6.07, 6.45) is 1.00. The quantitative estimate of drug-likeness (QED) is 0.404. The minimum atomic E-state index is -0.0597. The van der Waals surface area contributed by atoms with Crippen LogP contribution in [-0.2, 0) is 9.47 Å². The molecule has 2 unspecified atom stereocenters. The Morgan fingerprint density at radius 2 is 1.91 bits per heavy atom. The van der Waals surface area contributed by atoms with E-state index in [1.54, 1.807) is 7.11 Å². The molecule has 0 radical (unpaired) electrons. The van der Waals surface area contributed by atoms with Crippen LogP contribution < -0.4 is 10.6 Å². The fraction of sp³-hybridized carbons (Fsp3) is 0.938. The smallest absolute Gasteiger partial charge is 0.191 e. The standard InChI is InChI=1S/C16H31N3O2.HI/c1-7-17-13(18-9-15(4)10-21-11-15)19-12-8-16(5,20-6)14(12,2)3;/h12H,7-11H2,1-6H3,(H2,17,18,19);1H. The topological polar surface area (TPSA) is 54.9 Å². The lowest BCUT2D eigenvalue weighted by Gasteiger charge is -2.59. The molecule has 0 aromatic heterocycles. The van der Waals surface area contributed by atoms with Crippen LogP contribution in [0.2, 0.25) is 0 Å². The van der Waals surface area contributed by atoms with Crippen LogP contribution in [0, 0.1) is 10.8 Å². The minimum Gasteiger partial charge on any atom is -0.380 e. The Hall–Kier alpha value is -0.0800. The van der Waals surface area contributed by atoms with Crippen LogP contribution in [0.25, 0.3) is 0 Å². The van der Waals surface area contributed by atoms with Crippen LogP contribution in [0.5, 0.6) is 0 Å². The Kier molecular flexibility index (Phi) is 6.55. The number of methoxy groups -OCH3 is 1. The molecule has 0 aromatic rings. The second kappa shape index (κ2) is 7.21. The summed E-state index contributed by atoms with van der Waals surface area (Å²) in [7, 11) is 1.80. The lowest BCUT2D eigenvalue weighted by atomic mass is 9.56. The Morgan fingerprint density at radius 1 is 1.27 bits per heavy atom. The predicted molar refractivity (Wildman–Crippen MR) is 101 cm³/mol. The normalized spacial score (nSPS) is 32.3. The van der Waals surface area contributed by atoms with Gasteiger partial charge in [-0.25, -0.2) is 0 Å². The monoisotopic (exact) mass is 425 g/mol. The molecule has 1 saturated carbocycles. The molecule has 2 atom stereocenters. The Bertz CT molecular complexity index is 410. The van der Waals surface area contributed by atoms with Gasteiger partial charge in [0.1, 0.15) is 0 Å². The van der Waals surface area contributed by atoms with Gasteiger partial charge in [0.25, 0.3) is 0 Å². The number of halogens is 1. The number of guanidine groups is 1. The van der Waals surface area contributed by atoms with Crippen molar-refractivity contribution in [2.75, 3.05) is 33.4 Å². The number of hydrogen-bond donors (Lipinski definition) is 2. The van der Waals surface area contributed by atoms with Gasteiger partial charge in [0.05, 0.1) is 25.4 Å². The average Bonchev–Trinajstić information content (AvgIpc) is 2.41. The SMILES string of the molecule is CCNC(=NCC1(C)COC1)NC1CC(C)(OC)C1(C)C.I. The van der Waals surface area contributed by atoms with E-state index < -0.39 is 0 Å². The molecule has 0 amide bonds. The second-order valence-electron chi connectivity index (χ2n) is 7.56. The first-order valence-corrected chi connectivity index (χ1v) is 7.94. The molecule has 2 fully saturated rings. The van der Waals surface area contributed by atoms with E-state index in [1.165, 1.54) is 0 Å². The van der Waals surface area contributed by atoms with Crippen molar-refractivity contribution < 1.29 is 9.47 Å². The minimum absolute atomic E-state index is 0. The molecular formula is C16H32IN3O2. The summed E-state index contributed by atoms with van der Waals surface area (Å²) in [5, 5.41) is 6.92. The zero-order valence-corrected chi connectivity index (χ0v) is 17.1. The molecule has 0 spiro atoms. The van der Waals surface area contributed by atoms with Crippen LogP contribution in [0.4, 0.5) is 0 Å². The highest BCUT2D eigenvalue weighted by Gasteiger charge is 2.58. The molecule has 2 aliphatic rings. The zero-order valence-electron chi connectivity index (χ0n) is 14.8. The zero-order chi connectivity index (χ0) is 15.7. The van der Waals surface area contributed by atoms with Gasteiger partial charge in [-0.2, -0.15) is 0 Å². The summed E-state index contributed by atoms with van der Waals surface area (Å²) in [5.74, 6) is 0.904. The fourth-order valence-electron chi connectivity index (χ4n) is 3.02. The van der Waals surface area contributed by atoms with Crippen molar-refractivity contribution in [2.45, 2.75) is 52.7 Å². The summed E-state index contributed by atoms with van der Waals surface area (Å²) in [6, 6.07) is 0.380.